The van der Waals surface area contributed by atoms with Gasteiger partial charge in [0.2, 0.25) is 10.0 Å². The summed E-state index contributed by atoms with van der Waals surface area (Å²) < 4.78 is 50.2. The van der Waals surface area contributed by atoms with Crippen LogP contribution in [0.2, 0.25) is 0 Å². The second kappa shape index (κ2) is 6.29. The number of hydrogen-bond donors (Lipinski definition) is 2. The lowest BCUT2D eigenvalue weighted by molar-refractivity contribution is 0.402. The summed E-state index contributed by atoms with van der Waals surface area (Å²) in [6.45, 7) is 0.301. The monoisotopic (exact) mass is 324 g/mol. The first kappa shape index (κ1) is 16.2. The van der Waals surface area contributed by atoms with Crippen LogP contribution in [-0.4, -0.2) is 46.2 Å². The zero-order valence-electron chi connectivity index (χ0n) is 11.6. The molecule has 2 rings (SSSR count). The van der Waals surface area contributed by atoms with Crippen LogP contribution in [-0.2, 0) is 19.9 Å². The van der Waals surface area contributed by atoms with E-state index in [0.717, 1.165) is 25.7 Å². The molecule has 0 aromatic rings. The zero-order chi connectivity index (χ0) is 14.8. The fourth-order valence-corrected chi connectivity index (χ4v) is 6.73. The first-order valence-corrected chi connectivity index (χ1v) is 10.6. The second-order valence-corrected chi connectivity index (χ2v) is 10.2. The fraction of sp³-hybridized carbons (Fsp3) is 1.00. The minimum atomic E-state index is -3.48. The first-order valence-electron chi connectivity index (χ1n) is 7.26. The molecule has 0 radical (unpaired) electrons. The van der Waals surface area contributed by atoms with Crippen molar-refractivity contribution in [1.82, 2.24) is 4.72 Å². The Hall–Kier alpha value is -0.180. The molecule has 1 aliphatic heterocycles. The highest BCUT2D eigenvalue weighted by Crippen LogP contribution is 2.28. The molecule has 3 N–H and O–H groups in total. The molecule has 0 amide bonds. The number of rotatable bonds is 5. The predicted molar refractivity (Wildman–Crippen MR) is 78.5 cm³/mol. The predicted octanol–water partition coefficient (Wildman–Crippen LogP) is 0.000500. The van der Waals surface area contributed by atoms with Crippen LogP contribution in [0.1, 0.15) is 38.5 Å². The zero-order valence-corrected chi connectivity index (χ0v) is 13.3. The van der Waals surface area contributed by atoms with E-state index in [1.165, 1.54) is 0 Å². The standard InChI is InChI=1S/C12H24N2O4S2/c13-9-12(10-3-1-2-4-10)14-20(17,18)11-5-7-19(15,16)8-6-11/h10-12,14H,1-9,13H2. The van der Waals surface area contributed by atoms with E-state index in [1.807, 2.05) is 0 Å². The first-order chi connectivity index (χ1) is 9.34. The number of sulfone groups is 1. The minimum Gasteiger partial charge on any atom is -0.329 e. The van der Waals surface area contributed by atoms with Crippen LogP contribution in [0.25, 0.3) is 0 Å². The van der Waals surface area contributed by atoms with Crippen molar-refractivity contribution in [1.29, 1.82) is 0 Å². The van der Waals surface area contributed by atoms with Crippen molar-refractivity contribution in [3.05, 3.63) is 0 Å². The SMILES string of the molecule is NCC(NS(=O)(=O)C1CCS(=O)(=O)CC1)C1CCCC1. The molecule has 8 heteroatoms. The molecule has 1 aliphatic carbocycles. The number of sulfonamides is 1. The molecule has 1 saturated carbocycles. The summed E-state index contributed by atoms with van der Waals surface area (Å²) in [6, 6.07) is -0.207. The lowest BCUT2D eigenvalue weighted by Gasteiger charge is -2.28. The van der Waals surface area contributed by atoms with Gasteiger partial charge in [0.05, 0.1) is 16.8 Å². The Bertz CT molecular complexity index is 510. The van der Waals surface area contributed by atoms with E-state index in [-0.39, 0.29) is 30.4 Å². The molecular weight excluding hydrogens is 300 g/mol. The summed E-state index contributed by atoms with van der Waals surface area (Å²) in [7, 11) is -6.52. The van der Waals surface area contributed by atoms with E-state index >= 15 is 0 Å². The van der Waals surface area contributed by atoms with Crippen LogP contribution >= 0.6 is 0 Å². The van der Waals surface area contributed by atoms with E-state index in [4.69, 9.17) is 5.73 Å². The van der Waals surface area contributed by atoms with Gasteiger partial charge in [-0.1, -0.05) is 12.8 Å². The Morgan fingerprint density at radius 3 is 2.15 bits per heavy atom. The molecular formula is C12H24N2O4S2. The second-order valence-electron chi connectivity index (χ2n) is 5.90. The number of nitrogens with one attached hydrogen (secondary N) is 1. The van der Waals surface area contributed by atoms with E-state index < -0.39 is 25.1 Å². The van der Waals surface area contributed by atoms with E-state index in [9.17, 15) is 16.8 Å². The van der Waals surface area contributed by atoms with Crippen LogP contribution in [0.5, 0.6) is 0 Å². The lowest BCUT2D eigenvalue weighted by Crippen LogP contribution is -2.49. The van der Waals surface area contributed by atoms with Crippen LogP contribution in [0, 0.1) is 5.92 Å². The molecule has 6 nitrogen and oxygen atoms in total. The molecule has 0 aromatic heterocycles. The average Bonchev–Trinajstić information content (AvgIpc) is 2.89. The Kier molecular flexibility index (Phi) is 5.09. The Balaban J connectivity index is 1.99. The van der Waals surface area contributed by atoms with Crippen molar-refractivity contribution < 1.29 is 16.8 Å². The summed E-state index contributed by atoms with van der Waals surface area (Å²) in [5, 5.41) is -0.596. The van der Waals surface area contributed by atoms with Gasteiger partial charge in [0, 0.05) is 12.6 Å². The van der Waals surface area contributed by atoms with Crippen molar-refractivity contribution in [3.8, 4) is 0 Å². The summed E-state index contributed by atoms with van der Waals surface area (Å²) in [6.07, 6.45) is 4.68. The van der Waals surface area contributed by atoms with E-state index in [1.54, 1.807) is 0 Å². The highest BCUT2D eigenvalue weighted by atomic mass is 32.2. The molecule has 1 unspecified atom stereocenters. The molecule has 2 aliphatic rings. The van der Waals surface area contributed by atoms with Crippen molar-refractivity contribution in [2.24, 2.45) is 11.7 Å². The Morgan fingerprint density at radius 2 is 1.65 bits per heavy atom. The summed E-state index contributed by atoms with van der Waals surface area (Å²) in [5.41, 5.74) is 5.71. The molecule has 2 fully saturated rings. The van der Waals surface area contributed by atoms with Gasteiger partial charge in [-0.2, -0.15) is 0 Å². The molecule has 0 spiro atoms. The van der Waals surface area contributed by atoms with Crippen molar-refractivity contribution in [2.75, 3.05) is 18.1 Å². The summed E-state index contributed by atoms with van der Waals surface area (Å²) in [4.78, 5) is 0. The largest absolute Gasteiger partial charge is 0.329 e. The summed E-state index contributed by atoms with van der Waals surface area (Å²) in [5.74, 6) is 0.257. The van der Waals surface area contributed by atoms with Gasteiger partial charge in [-0.3, -0.25) is 0 Å². The minimum absolute atomic E-state index is 0.0324. The molecule has 0 bridgehead atoms. The van der Waals surface area contributed by atoms with Gasteiger partial charge in [0.15, 0.2) is 0 Å². The molecule has 118 valence electrons. The van der Waals surface area contributed by atoms with Gasteiger partial charge in [-0.15, -0.1) is 0 Å². The normalized spacial score (nSPS) is 26.6. The van der Waals surface area contributed by atoms with Gasteiger partial charge < -0.3 is 5.73 Å². The third-order valence-corrected chi connectivity index (χ3v) is 8.17. The molecule has 20 heavy (non-hydrogen) atoms. The quantitative estimate of drug-likeness (QED) is 0.740. The summed E-state index contributed by atoms with van der Waals surface area (Å²) >= 11 is 0. The van der Waals surface area contributed by atoms with Gasteiger partial charge in [0.1, 0.15) is 9.84 Å². The van der Waals surface area contributed by atoms with Crippen molar-refractivity contribution >= 4 is 19.9 Å². The van der Waals surface area contributed by atoms with Crippen LogP contribution in [0.4, 0.5) is 0 Å². The van der Waals surface area contributed by atoms with E-state index in [0.29, 0.717) is 12.5 Å². The average molecular weight is 324 g/mol. The molecule has 0 aromatic carbocycles. The lowest BCUT2D eigenvalue weighted by atomic mass is 9.99. The van der Waals surface area contributed by atoms with Gasteiger partial charge >= 0.3 is 0 Å². The van der Waals surface area contributed by atoms with Crippen LogP contribution < -0.4 is 10.5 Å². The maximum absolute atomic E-state index is 12.4. The number of nitrogens with two attached hydrogens (primary N) is 1. The molecule has 1 heterocycles. The molecule has 1 atom stereocenters. The van der Waals surface area contributed by atoms with Crippen molar-refractivity contribution in [3.63, 3.8) is 0 Å². The number of hydrogen-bond acceptors (Lipinski definition) is 5. The Labute approximate surface area is 121 Å². The van der Waals surface area contributed by atoms with Crippen molar-refractivity contribution in [2.45, 2.75) is 49.8 Å². The third kappa shape index (κ3) is 3.93. The van der Waals surface area contributed by atoms with E-state index in [2.05, 4.69) is 4.72 Å². The van der Waals surface area contributed by atoms with Gasteiger partial charge in [-0.05, 0) is 31.6 Å². The fourth-order valence-electron chi connectivity index (χ4n) is 3.18. The highest BCUT2D eigenvalue weighted by Gasteiger charge is 2.35. The maximum atomic E-state index is 12.4. The Morgan fingerprint density at radius 1 is 1.10 bits per heavy atom. The third-order valence-electron chi connectivity index (χ3n) is 4.48. The topological polar surface area (TPSA) is 106 Å². The van der Waals surface area contributed by atoms with Crippen LogP contribution in [0.3, 0.4) is 0 Å². The van der Waals surface area contributed by atoms with Gasteiger partial charge in [0.25, 0.3) is 0 Å². The van der Waals surface area contributed by atoms with Gasteiger partial charge in [-0.25, -0.2) is 21.6 Å². The maximum Gasteiger partial charge on any atom is 0.214 e. The van der Waals surface area contributed by atoms with Crippen LogP contribution in [0.15, 0.2) is 0 Å². The highest BCUT2D eigenvalue weighted by molar-refractivity contribution is 7.92. The molecule has 1 saturated heterocycles. The smallest absolute Gasteiger partial charge is 0.214 e.